The van der Waals surface area contributed by atoms with E-state index in [-0.39, 0.29) is 17.9 Å². The first-order valence-electron chi connectivity index (χ1n) is 13.6. The minimum Gasteiger partial charge on any atom is -0.457 e. The van der Waals surface area contributed by atoms with Gasteiger partial charge in [0.25, 0.3) is 11.8 Å². The third kappa shape index (κ3) is 6.23. The van der Waals surface area contributed by atoms with Crippen molar-refractivity contribution in [1.82, 2.24) is 4.98 Å². The van der Waals surface area contributed by atoms with Gasteiger partial charge < -0.3 is 30.4 Å². The van der Waals surface area contributed by atoms with Gasteiger partial charge in [-0.2, -0.15) is 0 Å². The van der Waals surface area contributed by atoms with E-state index in [0.29, 0.717) is 34.0 Å². The number of nitrogens with one attached hydrogen (secondary N) is 3. The molecular formula is C33H30N4O4. The number of benzene rings is 4. The number of anilines is 3. The van der Waals surface area contributed by atoms with Crippen molar-refractivity contribution in [1.29, 1.82) is 0 Å². The lowest BCUT2D eigenvalue weighted by Crippen LogP contribution is -2.35. The van der Waals surface area contributed by atoms with Gasteiger partial charge in [-0.15, -0.1) is 0 Å². The van der Waals surface area contributed by atoms with Crippen molar-refractivity contribution in [3.8, 4) is 11.5 Å². The molecule has 1 aliphatic heterocycles. The fourth-order valence-electron chi connectivity index (χ4n) is 4.89. The molecule has 2 amide bonds. The Hall–Kier alpha value is -5.08. The highest BCUT2D eigenvalue weighted by molar-refractivity contribution is 6.06. The number of aromatic amines is 1. The van der Waals surface area contributed by atoms with Crippen molar-refractivity contribution in [2.75, 3.05) is 28.6 Å². The van der Waals surface area contributed by atoms with Crippen molar-refractivity contribution in [3.63, 3.8) is 0 Å². The van der Waals surface area contributed by atoms with E-state index in [1.807, 2.05) is 48.7 Å². The molecule has 8 nitrogen and oxygen atoms in total. The molecule has 5 aromatic rings. The largest absolute Gasteiger partial charge is 0.457 e. The zero-order valence-corrected chi connectivity index (χ0v) is 22.3. The number of aliphatic hydroxyl groups excluding tert-OH is 1. The van der Waals surface area contributed by atoms with Crippen molar-refractivity contribution in [2.24, 2.45) is 0 Å². The molecule has 6 rings (SSSR count). The molecule has 1 saturated heterocycles. The summed E-state index contributed by atoms with van der Waals surface area (Å²) in [6.07, 6.45) is 3.15. The standard InChI is InChI=1S/C33H30N4O4/c38-28-16-19-37(20-17-28)27-9-3-23(4-10-27)32(39)35-25-5-11-29(12-6-25)41-30-13-7-26(8-14-30)36-33(40)24-2-1-22-15-18-34-31(22)21-24/h1-15,18,21,28,34,38H,16-17,19-20H2,(H,35,39)(H,36,40). The fraction of sp³-hybridized carbons (Fsp3) is 0.152. The number of carbonyl (C=O) groups is 2. The molecule has 206 valence electrons. The highest BCUT2D eigenvalue weighted by Gasteiger charge is 2.17. The number of hydrogen-bond acceptors (Lipinski definition) is 5. The van der Waals surface area contributed by atoms with Crippen LogP contribution >= 0.6 is 0 Å². The first kappa shape index (κ1) is 26.2. The van der Waals surface area contributed by atoms with Crippen LogP contribution in [-0.4, -0.2) is 41.1 Å². The minimum absolute atomic E-state index is 0.188. The van der Waals surface area contributed by atoms with E-state index in [4.69, 9.17) is 4.74 Å². The second kappa shape index (κ2) is 11.6. The van der Waals surface area contributed by atoms with Crippen LogP contribution in [0.15, 0.2) is 103 Å². The fourth-order valence-corrected chi connectivity index (χ4v) is 4.89. The average molecular weight is 547 g/mol. The van der Waals surface area contributed by atoms with Crippen LogP contribution in [-0.2, 0) is 0 Å². The summed E-state index contributed by atoms with van der Waals surface area (Å²) < 4.78 is 5.93. The third-order valence-corrected chi connectivity index (χ3v) is 7.24. The predicted molar refractivity (Wildman–Crippen MR) is 161 cm³/mol. The van der Waals surface area contributed by atoms with Gasteiger partial charge in [0.15, 0.2) is 0 Å². The Labute approximate surface area is 237 Å². The van der Waals surface area contributed by atoms with Crippen LogP contribution in [0.5, 0.6) is 11.5 Å². The van der Waals surface area contributed by atoms with E-state index >= 15 is 0 Å². The predicted octanol–water partition coefficient (Wildman–Crippen LogP) is 6.43. The molecule has 0 atom stereocenters. The number of nitrogens with zero attached hydrogens (tertiary/aromatic N) is 1. The lowest BCUT2D eigenvalue weighted by atomic mass is 10.1. The van der Waals surface area contributed by atoms with E-state index in [0.717, 1.165) is 42.5 Å². The number of fused-ring (bicyclic) bond motifs is 1. The molecule has 41 heavy (non-hydrogen) atoms. The minimum atomic E-state index is -0.217. The number of piperidine rings is 1. The van der Waals surface area contributed by atoms with Gasteiger partial charge in [0.05, 0.1) is 6.10 Å². The Morgan fingerprint density at radius 2 is 1.29 bits per heavy atom. The molecule has 2 heterocycles. The molecule has 1 fully saturated rings. The number of rotatable bonds is 7. The first-order chi connectivity index (χ1) is 20.0. The van der Waals surface area contributed by atoms with Crippen LogP contribution in [0.3, 0.4) is 0 Å². The second-order valence-electron chi connectivity index (χ2n) is 10.1. The molecule has 4 N–H and O–H groups in total. The zero-order valence-electron chi connectivity index (χ0n) is 22.3. The number of hydrogen-bond donors (Lipinski definition) is 4. The van der Waals surface area contributed by atoms with Gasteiger partial charge >= 0.3 is 0 Å². The molecule has 1 aliphatic rings. The monoisotopic (exact) mass is 546 g/mol. The maximum atomic E-state index is 12.7. The molecule has 0 bridgehead atoms. The van der Waals surface area contributed by atoms with Gasteiger partial charge in [0.2, 0.25) is 0 Å². The quantitative estimate of drug-likeness (QED) is 0.188. The van der Waals surface area contributed by atoms with Gasteiger partial charge in [-0.25, -0.2) is 0 Å². The van der Waals surface area contributed by atoms with Crippen LogP contribution in [0.25, 0.3) is 10.9 Å². The van der Waals surface area contributed by atoms with Crippen LogP contribution in [0.4, 0.5) is 17.1 Å². The Morgan fingerprint density at radius 3 is 1.90 bits per heavy atom. The van der Waals surface area contributed by atoms with Gasteiger partial charge in [-0.3, -0.25) is 9.59 Å². The Morgan fingerprint density at radius 1 is 0.732 bits per heavy atom. The maximum absolute atomic E-state index is 12.7. The first-order valence-corrected chi connectivity index (χ1v) is 13.6. The molecule has 0 saturated carbocycles. The molecule has 0 aliphatic carbocycles. The molecule has 0 radical (unpaired) electrons. The number of ether oxygens (including phenoxy) is 1. The average Bonchev–Trinajstić information content (AvgIpc) is 3.48. The highest BCUT2D eigenvalue weighted by Crippen LogP contribution is 2.26. The summed E-state index contributed by atoms with van der Waals surface area (Å²) in [6, 6.07) is 29.3. The highest BCUT2D eigenvalue weighted by atomic mass is 16.5. The molecular weight excluding hydrogens is 516 g/mol. The third-order valence-electron chi connectivity index (χ3n) is 7.24. The van der Waals surface area contributed by atoms with Crippen molar-refractivity contribution < 1.29 is 19.4 Å². The van der Waals surface area contributed by atoms with Crippen LogP contribution in [0.2, 0.25) is 0 Å². The van der Waals surface area contributed by atoms with Crippen LogP contribution in [0.1, 0.15) is 33.6 Å². The summed E-state index contributed by atoms with van der Waals surface area (Å²) in [6.45, 7) is 1.63. The van der Waals surface area contributed by atoms with Gasteiger partial charge in [-0.05, 0) is 109 Å². The Balaban J connectivity index is 1.01. The lowest BCUT2D eigenvalue weighted by Gasteiger charge is -2.31. The molecule has 0 spiro atoms. The lowest BCUT2D eigenvalue weighted by molar-refractivity contribution is 0.101. The Bertz CT molecular complexity index is 1650. The Kier molecular flexibility index (Phi) is 7.38. The number of aromatic nitrogens is 1. The van der Waals surface area contributed by atoms with E-state index in [1.165, 1.54) is 0 Å². The van der Waals surface area contributed by atoms with E-state index in [1.54, 1.807) is 54.6 Å². The second-order valence-corrected chi connectivity index (χ2v) is 10.1. The zero-order chi connectivity index (χ0) is 28.2. The number of aliphatic hydroxyl groups is 1. The summed E-state index contributed by atoms with van der Waals surface area (Å²) in [5.74, 6) is 0.863. The van der Waals surface area contributed by atoms with E-state index in [2.05, 4.69) is 20.5 Å². The van der Waals surface area contributed by atoms with Crippen molar-refractivity contribution >= 4 is 39.8 Å². The summed E-state index contributed by atoms with van der Waals surface area (Å²) in [7, 11) is 0. The van der Waals surface area contributed by atoms with Gasteiger partial charge in [0, 0.05) is 53.0 Å². The number of carbonyl (C=O) groups excluding carboxylic acids is 2. The normalized spacial score (nSPS) is 13.6. The maximum Gasteiger partial charge on any atom is 0.255 e. The summed E-state index contributed by atoms with van der Waals surface area (Å²) in [4.78, 5) is 30.7. The van der Waals surface area contributed by atoms with Crippen molar-refractivity contribution in [3.05, 3.63) is 114 Å². The van der Waals surface area contributed by atoms with Crippen molar-refractivity contribution in [2.45, 2.75) is 18.9 Å². The summed E-state index contributed by atoms with van der Waals surface area (Å²) in [5.41, 5.74) is 4.44. The molecule has 0 unspecified atom stereocenters. The SMILES string of the molecule is O=C(Nc1ccc(Oc2ccc(NC(=O)c3ccc4cc[nH]c4c3)cc2)cc1)c1ccc(N2CCC(O)CC2)cc1. The molecule has 8 heteroatoms. The number of amides is 2. The molecule has 4 aromatic carbocycles. The molecule has 1 aromatic heterocycles. The summed E-state index contributed by atoms with van der Waals surface area (Å²) >= 11 is 0. The van der Waals surface area contributed by atoms with E-state index in [9.17, 15) is 14.7 Å². The van der Waals surface area contributed by atoms with Crippen LogP contribution < -0.4 is 20.3 Å². The summed E-state index contributed by atoms with van der Waals surface area (Å²) in [5, 5.41) is 16.6. The smallest absolute Gasteiger partial charge is 0.255 e. The van der Waals surface area contributed by atoms with Crippen LogP contribution in [0, 0.1) is 0 Å². The number of H-pyrrole nitrogens is 1. The van der Waals surface area contributed by atoms with E-state index < -0.39 is 0 Å². The van der Waals surface area contributed by atoms with Gasteiger partial charge in [0.1, 0.15) is 11.5 Å². The topological polar surface area (TPSA) is 107 Å². The van der Waals surface area contributed by atoms with Gasteiger partial charge in [-0.1, -0.05) is 6.07 Å².